The van der Waals surface area contributed by atoms with Crippen LogP contribution in [0.1, 0.15) is 31.3 Å². The molecule has 2 rings (SSSR count). The molecule has 0 aliphatic heterocycles. The van der Waals surface area contributed by atoms with Gasteiger partial charge in [-0.2, -0.15) is 0 Å². The normalized spacial score (nSPS) is 11.3. The topological polar surface area (TPSA) is 80.0 Å². The molecule has 0 atom stereocenters. The summed E-state index contributed by atoms with van der Waals surface area (Å²) in [5, 5.41) is 8.96. The van der Waals surface area contributed by atoms with E-state index in [1.54, 1.807) is 29.2 Å². The van der Waals surface area contributed by atoms with Crippen LogP contribution in [0.4, 0.5) is 0 Å². The summed E-state index contributed by atoms with van der Waals surface area (Å²) in [5.74, 6) is -0.471. The van der Waals surface area contributed by atoms with Crippen molar-refractivity contribution in [3.05, 3.63) is 36.3 Å². The molecule has 0 unspecified atom stereocenters. The second kappa shape index (κ2) is 4.72. The van der Waals surface area contributed by atoms with Gasteiger partial charge < -0.3 is 10.5 Å². The first-order chi connectivity index (χ1) is 8.87. The molecule has 0 aromatic carbocycles. The van der Waals surface area contributed by atoms with Gasteiger partial charge in [0.1, 0.15) is 11.4 Å². The molecule has 0 fully saturated rings. The number of aromatic carboxylic acids is 1. The molecular formula is C13H16N4O2. The largest absolute Gasteiger partial charge is 0.477 e. The second-order valence-corrected chi connectivity index (χ2v) is 5.20. The van der Waals surface area contributed by atoms with E-state index in [0.717, 1.165) is 0 Å². The lowest BCUT2D eigenvalue weighted by molar-refractivity contribution is 0.0690. The van der Waals surface area contributed by atoms with Crippen molar-refractivity contribution in [1.29, 1.82) is 0 Å². The third-order valence-electron chi connectivity index (χ3n) is 2.29. The van der Waals surface area contributed by atoms with Crippen molar-refractivity contribution in [2.75, 3.05) is 5.43 Å². The quantitative estimate of drug-likeness (QED) is 0.882. The molecule has 0 aliphatic carbocycles. The Morgan fingerprint density at radius 2 is 2.11 bits per heavy atom. The van der Waals surface area contributed by atoms with Gasteiger partial charge in [-0.1, -0.05) is 6.07 Å². The van der Waals surface area contributed by atoms with Crippen LogP contribution in [0.3, 0.4) is 0 Å². The van der Waals surface area contributed by atoms with Crippen molar-refractivity contribution in [3.8, 4) is 11.5 Å². The number of pyridine rings is 1. The van der Waals surface area contributed by atoms with Crippen LogP contribution in [0, 0.1) is 0 Å². The molecule has 6 heteroatoms. The number of carboxylic acids is 1. The molecule has 0 bridgehead atoms. The second-order valence-electron chi connectivity index (χ2n) is 5.20. The monoisotopic (exact) mass is 260 g/mol. The zero-order valence-corrected chi connectivity index (χ0v) is 11.1. The standard InChI is InChI=1S/C13H16N4O2/c1-13(2,3)16-17-8-7-14-11(17)9-5-4-6-10(15-9)12(18)19/h4-8,16H,1-3H3,(H,18,19). The summed E-state index contributed by atoms with van der Waals surface area (Å²) in [4.78, 5) is 19.2. The van der Waals surface area contributed by atoms with Crippen LogP contribution in [0.15, 0.2) is 30.6 Å². The lowest BCUT2D eigenvalue weighted by Gasteiger charge is -2.23. The maximum Gasteiger partial charge on any atom is 0.354 e. The number of nitrogens with zero attached hydrogens (tertiary/aromatic N) is 3. The summed E-state index contributed by atoms with van der Waals surface area (Å²) >= 11 is 0. The van der Waals surface area contributed by atoms with Crippen LogP contribution >= 0.6 is 0 Å². The van der Waals surface area contributed by atoms with Crippen molar-refractivity contribution in [1.82, 2.24) is 14.6 Å². The average molecular weight is 260 g/mol. The maximum atomic E-state index is 10.9. The van der Waals surface area contributed by atoms with Crippen molar-refractivity contribution in [3.63, 3.8) is 0 Å². The number of nitrogens with one attached hydrogen (secondary N) is 1. The van der Waals surface area contributed by atoms with Gasteiger partial charge in [-0.3, -0.25) is 0 Å². The number of carbonyl (C=O) groups is 1. The van der Waals surface area contributed by atoms with Gasteiger partial charge in [0.15, 0.2) is 5.82 Å². The fourth-order valence-corrected chi connectivity index (χ4v) is 1.62. The van der Waals surface area contributed by atoms with Crippen molar-refractivity contribution in [2.45, 2.75) is 26.3 Å². The van der Waals surface area contributed by atoms with E-state index in [1.807, 2.05) is 20.8 Å². The average Bonchev–Trinajstić information content (AvgIpc) is 2.75. The molecule has 100 valence electrons. The molecule has 6 nitrogen and oxygen atoms in total. The van der Waals surface area contributed by atoms with Crippen LogP contribution < -0.4 is 5.43 Å². The summed E-state index contributed by atoms with van der Waals surface area (Å²) in [5.41, 5.74) is 3.62. The summed E-state index contributed by atoms with van der Waals surface area (Å²) < 4.78 is 1.74. The van der Waals surface area contributed by atoms with E-state index in [0.29, 0.717) is 11.5 Å². The van der Waals surface area contributed by atoms with Crippen LogP contribution in [0.5, 0.6) is 0 Å². The number of aromatic nitrogens is 3. The molecule has 0 saturated carbocycles. The third-order valence-corrected chi connectivity index (χ3v) is 2.29. The fourth-order valence-electron chi connectivity index (χ4n) is 1.62. The Bertz CT molecular complexity index is 599. The van der Waals surface area contributed by atoms with E-state index in [2.05, 4.69) is 15.4 Å². The number of hydrogen-bond donors (Lipinski definition) is 2. The Kier molecular flexibility index (Phi) is 3.25. The minimum atomic E-state index is -1.05. The third kappa shape index (κ3) is 3.09. The molecule has 2 heterocycles. The summed E-state index contributed by atoms with van der Waals surface area (Å²) in [6.45, 7) is 6.08. The van der Waals surface area contributed by atoms with E-state index in [1.165, 1.54) is 6.07 Å². The summed E-state index contributed by atoms with van der Waals surface area (Å²) in [7, 11) is 0. The van der Waals surface area contributed by atoms with Crippen LogP contribution in [0.25, 0.3) is 11.5 Å². The lowest BCUT2D eigenvalue weighted by Crippen LogP contribution is -2.34. The molecule has 2 N–H and O–H groups in total. The minimum absolute atomic E-state index is 0.00260. The van der Waals surface area contributed by atoms with E-state index in [9.17, 15) is 4.79 Å². The lowest BCUT2D eigenvalue weighted by atomic mass is 10.1. The molecule has 0 aliphatic rings. The number of imidazole rings is 1. The first kappa shape index (κ1) is 13.1. The molecular weight excluding hydrogens is 244 g/mol. The predicted octanol–water partition coefficient (Wildman–Crippen LogP) is 1.99. The van der Waals surface area contributed by atoms with Crippen molar-refractivity contribution < 1.29 is 9.90 Å². The SMILES string of the molecule is CC(C)(C)Nn1ccnc1-c1cccc(C(=O)O)n1. The highest BCUT2D eigenvalue weighted by Crippen LogP contribution is 2.16. The van der Waals surface area contributed by atoms with Gasteiger partial charge in [0.2, 0.25) is 0 Å². The summed E-state index contributed by atoms with van der Waals surface area (Å²) in [6.07, 6.45) is 3.42. The van der Waals surface area contributed by atoms with Gasteiger partial charge in [-0.25, -0.2) is 19.4 Å². The first-order valence-electron chi connectivity index (χ1n) is 5.89. The highest BCUT2D eigenvalue weighted by molar-refractivity contribution is 5.85. The predicted molar refractivity (Wildman–Crippen MR) is 71.5 cm³/mol. The maximum absolute atomic E-state index is 10.9. The molecule has 2 aromatic rings. The highest BCUT2D eigenvalue weighted by Gasteiger charge is 2.15. The van der Waals surface area contributed by atoms with Crippen molar-refractivity contribution in [2.24, 2.45) is 0 Å². The molecule has 0 radical (unpaired) electrons. The smallest absolute Gasteiger partial charge is 0.354 e. The van der Waals surface area contributed by atoms with Crippen LogP contribution in [0.2, 0.25) is 0 Å². The Labute approximate surface area is 111 Å². The Hall–Kier alpha value is -2.37. The zero-order chi connectivity index (χ0) is 14.0. The molecule has 0 amide bonds. The van der Waals surface area contributed by atoms with Crippen molar-refractivity contribution >= 4 is 5.97 Å². The number of rotatable bonds is 3. The van der Waals surface area contributed by atoms with E-state index < -0.39 is 5.97 Å². The molecule has 2 aromatic heterocycles. The van der Waals surface area contributed by atoms with Gasteiger partial charge in [-0.15, -0.1) is 0 Å². The minimum Gasteiger partial charge on any atom is -0.477 e. The van der Waals surface area contributed by atoms with Gasteiger partial charge in [0.25, 0.3) is 0 Å². The molecule has 19 heavy (non-hydrogen) atoms. The Morgan fingerprint density at radius 3 is 2.74 bits per heavy atom. The highest BCUT2D eigenvalue weighted by atomic mass is 16.4. The van der Waals surface area contributed by atoms with E-state index in [4.69, 9.17) is 5.11 Å². The van der Waals surface area contributed by atoms with Crippen LogP contribution in [-0.2, 0) is 0 Å². The van der Waals surface area contributed by atoms with E-state index in [-0.39, 0.29) is 11.2 Å². The van der Waals surface area contributed by atoms with Gasteiger partial charge >= 0.3 is 5.97 Å². The molecule has 0 spiro atoms. The fraction of sp³-hybridized carbons (Fsp3) is 0.308. The first-order valence-corrected chi connectivity index (χ1v) is 5.89. The zero-order valence-electron chi connectivity index (χ0n) is 11.1. The Morgan fingerprint density at radius 1 is 1.37 bits per heavy atom. The van der Waals surface area contributed by atoms with Gasteiger partial charge in [0.05, 0.1) is 0 Å². The van der Waals surface area contributed by atoms with Gasteiger partial charge in [-0.05, 0) is 32.9 Å². The summed E-state index contributed by atoms with van der Waals surface area (Å²) in [6, 6.07) is 4.84. The Balaban J connectivity index is 2.40. The molecule has 0 saturated heterocycles. The number of hydrogen-bond acceptors (Lipinski definition) is 4. The van der Waals surface area contributed by atoms with E-state index >= 15 is 0 Å². The number of carboxylic acid groups (broad SMARTS) is 1. The van der Waals surface area contributed by atoms with Crippen LogP contribution in [-0.4, -0.2) is 31.3 Å². The van der Waals surface area contributed by atoms with Gasteiger partial charge in [0, 0.05) is 17.9 Å².